The Kier molecular flexibility index (Phi) is 3.45. The fourth-order valence-corrected chi connectivity index (χ4v) is 3.74. The summed E-state index contributed by atoms with van der Waals surface area (Å²) >= 11 is 0. The molecule has 25 heavy (non-hydrogen) atoms. The number of nitrogens with zero attached hydrogens (tertiary/aromatic N) is 4. The fourth-order valence-electron chi connectivity index (χ4n) is 3.74. The standard InChI is InChI=1S/C19H20N4O2/c1-12-5-7-14(8-6-12)23-16-4-2-3-15(16)17(21-23)19-20-18(22-25-19)13-9-10-24-11-13/h5-8,13H,2-4,9-11H2,1H3/t13-/m1/s1. The first-order valence-electron chi connectivity index (χ1n) is 8.89. The maximum absolute atomic E-state index is 5.56. The van der Waals surface area contributed by atoms with Gasteiger partial charge in [-0.3, -0.25) is 0 Å². The molecule has 0 bridgehead atoms. The van der Waals surface area contributed by atoms with Crippen LogP contribution >= 0.6 is 0 Å². The summed E-state index contributed by atoms with van der Waals surface area (Å²) in [5.74, 6) is 1.51. The lowest BCUT2D eigenvalue weighted by Crippen LogP contribution is -2.01. The summed E-state index contributed by atoms with van der Waals surface area (Å²) in [4.78, 5) is 4.63. The van der Waals surface area contributed by atoms with Gasteiger partial charge in [-0.2, -0.15) is 10.1 Å². The van der Waals surface area contributed by atoms with Gasteiger partial charge in [-0.15, -0.1) is 0 Å². The molecule has 128 valence electrons. The molecule has 0 N–H and O–H groups in total. The van der Waals surface area contributed by atoms with Gasteiger partial charge in [0.25, 0.3) is 5.89 Å². The Balaban J connectivity index is 1.56. The first-order chi connectivity index (χ1) is 12.3. The van der Waals surface area contributed by atoms with E-state index in [9.17, 15) is 0 Å². The van der Waals surface area contributed by atoms with Gasteiger partial charge in [-0.05, 0) is 44.7 Å². The highest BCUT2D eigenvalue weighted by Crippen LogP contribution is 2.34. The monoisotopic (exact) mass is 336 g/mol. The molecule has 1 saturated heterocycles. The smallest absolute Gasteiger partial charge is 0.278 e. The molecule has 0 radical (unpaired) electrons. The minimum absolute atomic E-state index is 0.240. The molecule has 0 unspecified atom stereocenters. The van der Waals surface area contributed by atoms with E-state index in [1.54, 1.807) is 0 Å². The van der Waals surface area contributed by atoms with Crippen LogP contribution in [0.5, 0.6) is 0 Å². The van der Waals surface area contributed by atoms with E-state index in [-0.39, 0.29) is 5.92 Å². The highest BCUT2D eigenvalue weighted by atomic mass is 16.5. The quantitative estimate of drug-likeness (QED) is 0.735. The van der Waals surface area contributed by atoms with E-state index in [2.05, 4.69) is 41.3 Å². The van der Waals surface area contributed by atoms with Crippen molar-refractivity contribution in [3.8, 4) is 17.3 Å². The molecule has 6 heteroatoms. The van der Waals surface area contributed by atoms with Gasteiger partial charge in [0.1, 0.15) is 0 Å². The number of rotatable bonds is 3. The molecule has 0 spiro atoms. The molecule has 0 saturated carbocycles. The normalized spacial score (nSPS) is 19.5. The predicted octanol–water partition coefficient (Wildman–Crippen LogP) is 3.22. The average molecular weight is 336 g/mol. The van der Waals surface area contributed by atoms with Crippen LogP contribution in [0.4, 0.5) is 0 Å². The number of fused-ring (bicyclic) bond motifs is 1. The third-order valence-electron chi connectivity index (χ3n) is 5.15. The highest BCUT2D eigenvalue weighted by molar-refractivity contribution is 5.58. The van der Waals surface area contributed by atoms with E-state index in [1.807, 2.05) is 4.68 Å². The van der Waals surface area contributed by atoms with E-state index < -0.39 is 0 Å². The number of benzene rings is 1. The number of aromatic nitrogens is 4. The molecule has 2 aromatic heterocycles. The Hall–Kier alpha value is -2.47. The zero-order chi connectivity index (χ0) is 16.8. The Morgan fingerprint density at radius 2 is 2.04 bits per heavy atom. The van der Waals surface area contributed by atoms with Gasteiger partial charge in [0.05, 0.1) is 12.3 Å². The van der Waals surface area contributed by atoms with Crippen LogP contribution in [-0.2, 0) is 17.6 Å². The van der Waals surface area contributed by atoms with Crippen LogP contribution in [0.2, 0.25) is 0 Å². The van der Waals surface area contributed by atoms with Crippen molar-refractivity contribution in [2.75, 3.05) is 13.2 Å². The minimum atomic E-state index is 0.240. The van der Waals surface area contributed by atoms with Gasteiger partial charge in [0.15, 0.2) is 11.5 Å². The molecule has 5 rings (SSSR count). The molecule has 2 aliphatic rings. The van der Waals surface area contributed by atoms with Crippen molar-refractivity contribution in [1.29, 1.82) is 0 Å². The van der Waals surface area contributed by atoms with Crippen LogP contribution in [0.15, 0.2) is 28.8 Å². The lowest BCUT2D eigenvalue weighted by Gasteiger charge is -2.05. The van der Waals surface area contributed by atoms with Crippen molar-refractivity contribution in [2.24, 2.45) is 0 Å². The van der Waals surface area contributed by atoms with E-state index >= 15 is 0 Å². The van der Waals surface area contributed by atoms with Crippen molar-refractivity contribution in [2.45, 2.75) is 38.5 Å². The van der Waals surface area contributed by atoms with E-state index in [0.717, 1.165) is 49.5 Å². The number of hydrogen-bond donors (Lipinski definition) is 0. The molecule has 6 nitrogen and oxygen atoms in total. The summed E-state index contributed by atoms with van der Waals surface area (Å²) in [5, 5.41) is 9.01. The molecule has 1 aliphatic carbocycles. The third kappa shape index (κ3) is 2.48. The van der Waals surface area contributed by atoms with Crippen LogP contribution in [0, 0.1) is 6.92 Å². The van der Waals surface area contributed by atoms with Crippen LogP contribution in [0.1, 0.15) is 41.4 Å². The zero-order valence-corrected chi connectivity index (χ0v) is 14.2. The van der Waals surface area contributed by atoms with Gasteiger partial charge in [-0.1, -0.05) is 22.9 Å². The Morgan fingerprint density at radius 3 is 2.84 bits per heavy atom. The largest absolute Gasteiger partial charge is 0.381 e. The average Bonchev–Trinajstić information content (AvgIpc) is 3.38. The lowest BCUT2D eigenvalue weighted by molar-refractivity contribution is 0.192. The fraction of sp³-hybridized carbons (Fsp3) is 0.421. The molecule has 1 aromatic carbocycles. The van der Waals surface area contributed by atoms with Crippen molar-refractivity contribution in [3.05, 3.63) is 46.9 Å². The Labute approximate surface area is 145 Å². The highest BCUT2D eigenvalue weighted by Gasteiger charge is 2.29. The molecular weight excluding hydrogens is 316 g/mol. The second-order valence-corrected chi connectivity index (χ2v) is 6.89. The topological polar surface area (TPSA) is 66.0 Å². The first-order valence-corrected chi connectivity index (χ1v) is 8.89. The van der Waals surface area contributed by atoms with Crippen LogP contribution in [0.25, 0.3) is 17.3 Å². The van der Waals surface area contributed by atoms with Crippen LogP contribution < -0.4 is 0 Å². The summed E-state index contributed by atoms with van der Waals surface area (Å²) in [6.45, 7) is 3.54. The van der Waals surface area contributed by atoms with Crippen molar-refractivity contribution in [3.63, 3.8) is 0 Å². The van der Waals surface area contributed by atoms with E-state index in [0.29, 0.717) is 12.5 Å². The summed E-state index contributed by atoms with van der Waals surface area (Å²) < 4.78 is 13.0. The minimum Gasteiger partial charge on any atom is -0.381 e. The second-order valence-electron chi connectivity index (χ2n) is 6.89. The third-order valence-corrected chi connectivity index (χ3v) is 5.15. The van der Waals surface area contributed by atoms with Crippen molar-refractivity contribution < 1.29 is 9.26 Å². The number of hydrogen-bond acceptors (Lipinski definition) is 5. The van der Waals surface area contributed by atoms with Gasteiger partial charge in [0, 0.05) is 23.8 Å². The Morgan fingerprint density at radius 1 is 1.16 bits per heavy atom. The van der Waals surface area contributed by atoms with Crippen molar-refractivity contribution in [1.82, 2.24) is 19.9 Å². The van der Waals surface area contributed by atoms with Gasteiger partial charge in [-0.25, -0.2) is 4.68 Å². The first kappa shape index (κ1) is 14.8. The zero-order valence-electron chi connectivity index (χ0n) is 14.2. The van der Waals surface area contributed by atoms with Crippen molar-refractivity contribution >= 4 is 0 Å². The molecular formula is C19H20N4O2. The lowest BCUT2D eigenvalue weighted by atomic mass is 10.1. The summed E-state index contributed by atoms with van der Waals surface area (Å²) in [5.41, 5.74) is 5.68. The molecule has 3 aromatic rings. The SMILES string of the molecule is Cc1ccc(-n2nc(-c3nc([C@@H]4CCOC4)no3)c3c2CCC3)cc1. The maximum Gasteiger partial charge on any atom is 0.278 e. The molecule has 1 atom stereocenters. The second kappa shape index (κ2) is 5.81. The van der Waals surface area contributed by atoms with Gasteiger partial charge >= 0.3 is 0 Å². The summed E-state index contributed by atoms with van der Waals surface area (Å²) in [7, 11) is 0. The molecule has 3 heterocycles. The van der Waals surface area contributed by atoms with Gasteiger partial charge in [0.2, 0.25) is 0 Å². The number of aryl methyl sites for hydroxylation is 1. The van der Waals surface area contributed by atoms with E-state index in [1.165, 1.54) is 16.8 Å². The predicted molar refractivity (Wildman–Crippen MR) is 91.8 cm³/mol. The van der Waals surface area contributed by atoms with Crippen LogP contribution in [-0.4, -0.2) is 33.1 Å². The number of ether oxygens (including phenoxy) is 1. The summed E-state index contributed by atoms with van der Waals surface area (Å²) in [6, 6.07) is 8.45. The van der Waals surface area contributed by atoms with Gasteiger partial charge < -0.3 is 9.26 Å². The maximum atomic E-state index is 5.56. The van der Waals surface area contributed by atoms with Crippen LogP contribution in [0.3, 0.4) is 0 Å². The Bertz CT molecular complexity index is 904. The molecule has 1 fully saturated rings. The molecule has 1 aliphatic heterocycles. The van der Waals surface area contributed by atoms with E-state index in [4.69, 9.17) is 14.4 Å². The summed E-state index contributed by atoms with van der Waals surface area (Å²) in [6.07, 6.45) is 4.15. The molecule has 0 amide bonds.